The second kappa shape index (κ2) is 21.6. The first-order chi connectivity index (χ1) is 16.7. The minimum Gasteiger partial charge on any atom is -0.462 e. The Hall–Kier alpha value is -1.48. The molecule has 36 heavy (non-hydrogen) atoms. The molecular weight excluding hydrogens is 522 g/mol. The smallest absolute Gasteiger partial charge is 0.293 e. The van der Waals surface area contributed by atoms with Crippen molar-refractivity contribution in [3.8, 4) is 0 Å². The van der Waals surface area contributed by atoms with E-state index in [-0.39, 0.29) is 12.2 Å². The van der Waals surface area contributed by atoms with Gasteiger partial charge in [0.25, 0.3) is 6.47 Å². The normalized spacial score (nSPS) is 10.6. The molecule has 0 bridgehead atoms. The highest BCUT2D eigenvalue weighted by Gasteiger charge is 2.11. The van der Waals surface area contributed by atoms with Crippen LogP contribution >= 0.6 is 15.9 Å². The summed E-state index contributed by atoms with van der Waals surface area (Å²) in [7, 11) is 4.12. The number of fused-ring (bicyclic) bond motifs is 1. The molecule has 0 aliphatic carbocycles. The lowest BCUT2D eigenvalue weighted by molar-refractivity contribution is -0.138. The number of ether oxygens (including phenoxy) is 1. The second-order valence-corrected chi connectivity index (χ2v) is 10.5. The highest BCUT2D eigenvalue weighted by molar-refractivity contribution is 9.10. The van der Waals surface area contributed by atoms with Crippen LogP contribution in [0.15, 0.2) is 22.7 Å². The molecule has 0 spiro atoms. The number of hydrogen-bond acceptors (Lipinski definition) is 6. The third-order valence-electron chi connectivity index (χ3n) is 3.98. The number of aliphatic hydroxyl groups is 2. The van der Waals surface area contributed by atoms with Crippen molar-refractivity contribution < 1.29 is 19.7 Å². The highest BCUT2D eigenvalue weighted by atomic mass is 79.9. The summed E-state index contributed by atoms with van der Waals surface area (Å²) in [6.45, 7) is 21.4. The lowest BCUT2D eigenvalue weighted by Crippen LogP contribution is -2.22. The number of benzene rings is 1. The van der Waals surface area contributed by atoms with E-state index in [0.717, 1.165) is 42.3 Å². The predicted octanol–water partition coefficient (Wildman–Crippen LogP) is 6.37. The van der Waals surface area contributed by atoms with E-state index < -0.39 is 5.60 Å². The van der Waals surface area contributed by atoms with Gasteiger partial charge >= 0.3 is 0 Å². The molecule has 2 N–H and O–H groups in total. The fourth-order valence-electron chi connectivity index (χ4n) is 2.67. The van der Waals surface area contributed by atoms with Crippen LogP contribution in [0.1, 0.15) is 87.8 Å². The Morgan fingerprint density at radius 2 is 1.56 bits per heavy atom. The van der Waals surface area contributed by atoms with Crippen molar-refractivity contribution in [2.24, 2.45) is 7.05 Å². The van der Waals surface area contributed by atoms with Crippen molar-refractivity contribution in [2.45, 2.75) is 99.7 Å². The predicted molar refractivity (Wildman–Crippen MR) is 158 cm³/mol. The Labute approximate surface area is 229 Å². The van der Waals surface area contributed by atoms with E-state index in [2.05, 4.69) is 49.8 Å². The van der Waals surface area contributed by atoms with E-state index in [0.29, 0.717) is 6.47 Å². The molecule has 0 saturated heterocycles. The molecule has 1 aromatic carbocycles. The van der Waals surface area contributed by atoms with Gasteiger partial charge in [0.15, 0.2) is 0 Å². The van der Waals surface area contributed by atoms with Crippen molar-refractivity contribution in [3.05, 3.63) is 28.4 Å². The van der Waals surface area contributed by atoms with Crippen molar-refractivity contribution in [3.63, 3.8) is 0 Å². The Bertz CT molecular complexity index is 790. The third kappa shape index (κ3) is 21.8. The summed E-state index contributed by atoms with van der Waals surface area (Å²) in [5.41, 5.74) is 1.51. The Morgan fingerprint density at radius 3 is 1.97 bits per heavy atom. The van der Waals surface area contributed by atoms with E-state index in [1.165, 1.54) is 11.1 Å². The molecule has 0 unspecified atom stereocenters. The molecule has 1 aromatic heterocycles. The maximum absolute atomic E-state index is 9.60. The fraction of sp³-hybridized carbons (Fsp3) is 0.714. The third-order valence-corrected chi connectivity index (χ3v) is 4.64. The molecule has 2 aromatic rings. The Morgan fingerprint density at radius 1 is 1.06 bits per heavy atom. The van der Waals surface area contributed by atoms with E-state index in [4.69, 9.17) is 10.2 Å². The monoisotopic (exact) mass is 575 g/mol. The van der Waals surface area contributed by atoms with Crippen molar-refractivity contribution in [2.75, 3.05) is 26.7 Å². The molecular formula is C28H54BrN3O4. The minimum atomic E-state index is -0.500. The summed E-state index contributed by atoms with van der Waals surface area (Å²) in [5.74, 6) is 0. The van der Waals surface area contributed by atoms with Gasteiger partial charge in [-0.05, 0) is 86.5 Å². The maximum Gasteiger partial charge on any atom is 0.293 e. The average molecular weight is 577 g/mol. The molecule has 0 atom stereocenters. The lowest BCUT2D eigenvalue weighted by Gasteiger charge is -2.15. The highest BCUT2D eigenvalue weighted by Crippen LogP contribution is 2.27. The zero-order valence-corrected chi connectivity index (χ0v) is 26.6. The zero-order valence-electron chi connectivity index (χ0n) is 25.0. The van der Waals surface area contributed by atoms with Gasteiger partial charge in [0.1, 0.15) is 5.60 Å². The van der Waals surface area contributed by atoms with Crippen LogP contribution in [0.25, 0.3) is 10.9 Å². The Kier molecular flexibility index (Phi) is 23.4. The van der Waals surface area contributed by atoms with Gasteiger partial charge in [0.2, 0.25) is 0 Å². The van der Waals surface area contributed by atoms with Gasteiger partial charge in [-0.3, -0.25) is 9.48 Å². The quantitative estimate of drug-likeness (QED) is 0.355. The number of halogens is 1. The van der Waals surface area contributed by atoms with E-state index in [1.54, 1.807) is 20.8 Å². The van der Waals surface area contributed by atoms with Crippen LogP contribution in [-0.4, -0.2) is 69.3 Å². The fourth-order valence-corrected chi connectivity index (χ4v) is 3.25. The lowest BCUT2D eigenvalue weighted by atomic mass is 10.1. The largest absolute Gasteiger partial charge is 0.462 e. The molecule has 0 saturated carbocycles. The number of aromatic nitrogens is 2. The van der Waals surface area contributed by atoms with Gasteiger partial charge in [-0.1, -0.05) is 49.7 Å². The number of rotatable bonds is 8. The summed E-state index contributed by atoms with van der Waals surface area (Å²) in [5, 5.41) is 23.1. The van der Waals surface area contributed by atoms with Crippen LogP contribution in [0.2, 0.25) is 0 Å². The standard InChI is InChI=1S/C15H22BrN3O.C5H10O2.C4H10O.2C2H6/c1-18(10-5-11-20)9-4-8-14-15-12(16)6-3-7-13(15)17-19(14)2;1-5(2,3)7-4-6;1-4(2,3)5;2*1-2/h3,6-7,20H,4-5,8-11H2,1-2H3;4H,1-3H3;5H,1-3H3;2*1-2H3. The van der Waals surface area contributed by atoms with Crippen molar-refractivity contribution in [1.82, 2.24) is 14.7 Å². The zero-order chi connectivity index (χ0) is 28.9. The summed E-state index contributed by atoms with van der Waals surface area (Å²) in [6, 6.07) is 6.14. The van der Waals surface area contributed by atoms with Gasteiger partial charge in [-0.2, -0.15) is 5.10 Å². The van der Waals surface area contributed by atoms with Gasteiger partial charge in [-0.15, -0.1) is 0 Å². The maximum atomic E-state index is 9.60. The number of nitrogens with zero attached hydrogens (tertiary/aromatic N) is 3. The molecule has 0 amide bonds. The number of aliphatic hydroxyl groups excluding tert-OH is 1. The van der Waals surface area contributed by atoms with Gasteiger partial charge in [0, 0.05) is 35.8 Å². The second-order valence-electron chi connectivity index (χ2n) is 9.69. The molecule has 0 fully saturated rings. The number of carbonyl (C=O) groups is 1. The van der Waals surface area contributed by atoms with Crippen LogP contribution in [-0.2, 0) is 23.0 Å². The molecule has 8 heteroatoms. The van der Waals surface area contributed by atoms with Crippen molar-refractivity contribution >= 4 is 33.3 Å². The molecule has 0 aliphatic heterocycles. The van der Waals surface area contributed by atoms with Crippen LogP contribution in [0.4, 0.5) is 0 Å². The topological polar surface area (TPSA) is 87.8 Å². The van der Waals surface area contributed by atoms with Crippen LogP contribution in [0, 0.1) is 0 Å². The first-order valence-corrected chi connectivity index (χ1v) is 13.7. The molecule has 0 radical (unpaired) electrons. The average Bonchev–Trinajstić information content (AvgIpc) is 3.10. The summed E-state index contributed by atoms with van der Waals surface area (Å²) < 4.78 is 7.66. The molecule has 2 rings (SSSR count). The minimum absolute atomic E-state index is 0.268. The molecule has 0 aliphatic rings. The first-order valence-electron chi connectivity index (χ1n) is 12.9. The Balaban J connectivity index is -0.000000563. The summed E-state index contributed by atoms with van der Waals surface area (Å²) in [6.07, 6.45) is 2.95. The molecule has 7 nitrogen and oxygen atoms in total. The van der Waals surface area contributed by atoms with Gasteiger partial charge in [0.05, 0.1) is 11.1 Å². The number of aryl methyl sites for hydroxylation is 2. The number of hydrogen-bond donors (Lipinski definition) is 2. The van der Waals surface area contributed by atoms with Gasteiger partial charge in [-0.25, -0.2) is 0 Å². The van der Waals surface area contributed by atoms with Gasteiger partial charge < -0.3 is 19.8 Å². The van der Waals surface area contributed by atoms with E-state index >= 15 is 0 Å². The number of carbonyl (C=O) groups excluding carboxylic acids is 1. The van der Waals surface area contributed by atoms with Crippen LogP contribution in [0.5, 0.6) is 0 Å². The summed E-state index contributed by atoms with van der Waals surface area (Å²) >= 11 is 3.62. The van der Waals surface area contributed by atoms with E-state index in [1.807, 2.05) is 66.3 Å². The SMILES string of the molecule is CC.CC.CC(C)(C)O.CC(C)(C)OC=O.CN(CCCO)CCCc1c2c(Br)cccc2nn1C. The van der Waals surface area contributed by atoms with Crippen LogP contribution in [0.3, 0.4) is 0 Å². The summed E-state index contributed by atoms with van der Waals surface area (Å²) in [4.78, 5) is 11.9. The van der Waals surface area contributed by atoms with Crippen LogP contribution < -0.4 is 0 Å². The molecule has 1 heterocycles. The molecule has 212 valence electrons. The van der Waals surface area contributed by atoms with E-state index in [9.17, 15) is 4.79 Å². The first kappa shape index (κ1) is 39.0. The van der Waals surface area contributed by atoms with Crippen molar-refractivity contribution in [1.29, 1.82) is 0 Å².